The van der Waals surface area contributed by atoms with Gasteiger partial charge in [-0.15, -0.1) is 0 Å². The molecule has 0 atom stereocenters. The summed E-state index contributed by atoms with van der Waals surface area (Å²) in [6.45, 7) is 10.9. The summed E-state index contributed by atoms with van der Waals surface area (Å²) in [5.74, 6) is 0.747. The largest absolute Gasteiger partial charge is 0.490 e. The zero-order valence-corrected chi connectivity index (χ0v) is 18.2. The number of rotatable bonds is 9. The van der Waals surface area contributed by atoms with E-state index in [2.05, 4.69) is 24.7 Å². The van der Waals surface area contributed by atoms with Gasteiger partial charge in [0, 0.05) is 11.1 Å². The summed E-state index contributed by atoms with van der Waals surface area (Å²) in [5.41, 5.74) is 6.74. The van der Waals surface area contributed by atoms with Crippen LogP contribution in [-0.2, 0) is 0 Å². The van der Waals surface area contributed by atoms with E-state index in [1.807, 2.05) is 32.9 Å². The first-order valence-electron chi connectivity index (χ1n) is 10.2. The fourth-order valence-corrected chi connectivity index (χ4v) is 2.80. The van der Waals surface area contributed by atoms with E-state index >= 15 is 0 Å². The van der Waals surface area contributed by atoms with Crippen LogP contribution in [0.2, 0.25) is 0 Å². The average Bonchev–Trinajstić information content (AvgIpc) is 2.74. The molecule has 0 saturated heterocycles. The van der Waals surface area contributed by atoms with Crippen LogP contribution in [-0.4, -0.2) is 31.6 Å². The van der Waals surface area contributed by atoms with Crippen LogP contribution in [0.1, 0.15) is 66.8 Å². The number of hydrogen-bond donors (Lipinski definition) is 2. The lowest BCUT2D eigenvalue weighted by Gasteiger charge is -2.17. The molecule has 0 radical (unpaired) electrons. The third-order valence-electron chi connectivity index (χ3n) is 4.30. The maximum Gasteiger partial charge on any atom is 0.269 e. The standard InChI is InChI=1S/C23H30N2O5/c1-6-28-19-13-18(14-20(29-7-2)21(19)30-8-3)23(27)25-24-22(26)17-11-9-16(10-12-17)15(4)5/h9-15H,6-8H2,1-5H3,(H,24,26)(H,25,27). The Morgan fingerprint density at radius 2 is 1.23 bits per heavy atom. The van der Waals surface area contributed by atoms with E-state index in [1.54, 1.807) is 24.3 Å². The molecular weight excluding hydrogens is 384 g/mol. The molecule has 2 amide bonds. The maximum atomic E-state index is 12.6. The van der Waals surface area contributed by atoms with E-state index in [-0.39, 0.29) is 5.56 Å². The molecule has 2 N–H and O–H groups in total. The minimum atomic E-state index is -0.493. The summed E-state index contributed by atoms with van der Waals surface area (Å²) < 4.78 is 16.9. The van der Waals surface area contributed by atoms with Gasteiger partial charge in [0.1, 0.15) is 0 Å². The van der Waals surface area contributed by atoms with Crippen LogP contribution in [0.5, 0.6) is 17.2 Å². The molecule has 7 heteroatoms. The predicted octanol–water partition coefficient (Wildman–Crippen LogP) is 4.08. The Labute approximate surface area is 177 Å². The van der Waals surface area contributed by atoms with E-state index in [0.29, 0.717) is 48.6 Å². The number of ether oxygens (including phenoxy) is 3. The Hall–Kier alpha value is -3.22. The first-order chi connectivity index (χ1) is 14.4. The highest BCUT2D eigenvalue weighted by Crippen LogP contribution is 2.39. The van der Waals surface area contributed by atoms with Gasteiger partial charge in [-0.05, 0) is 56.5 Å². The number of nitrogens with one attached hydrogen (secondary N) is 2. The molecule has 7 nitrogen and oxygen atoms in total. The summed E-state index contributed by atoms with van der Waals surface area (Å²) in [6, 6.07) is 10.4. The van der Waals surface area contributed by atoms with Crippen molar-refractivity contribution in [2.24, 2.45) is 0 Å². The summed E-state index contributed by atoms with van der Waals surface area (Å²) in [7, 11) is 0. The third kappa shape index (κ3) is 5.89. The number of hydrogen-bond acceptors (Lipinski definition) is 5. The molecule has 0 aliphatic heterocycles. The van der Waals surface area contributed by atoms with Crippen LogP contribution >= 0.6 is 0 Å². The van der Waals surface area contributed by atoms with Gasteiger partial charge in [0.25, 0.3) is 11.8 Å². The molecule has 2 aromatic rings. The highest BCUT2D eigenvalue weighted by Gasteiger charge is 2.19. The van der Waals surface area contributed by atoms with Crippen LogP contribution in [0.25, 0.3) is 0 Å². The Kier molecular flexibility index (Phi) is 8.53. The fraction of sp³-hybridized carbons (Fsp3) is 0.391. The normalized spacial score (nSPS) is 10.5. The van der Waals surface area contributed by atoms with E-state index < -0.39 is 11.8 Å². The maximum absolute atomic E-state index is 12.6. The Balaban J connectivity index is 2.16. The fourth-order valence-electron chi connectivity index (χ4n) is 2.80. The molecule has 0 unspecified atom stereocenters. The van der Waals surface area contributed by atoms with Crippen molar-refractivity contribution < 1.29 is 23.8 Å². The molecule has 0 aliphatic rings. The lowest BCUT2D eigenvalue weighted by atomic mass is 10.0. The van der Waals surface area contributed by atoms with E-state index in [4.69, 9.17) is 14.2 Å². The SMILES string of the molecule is CCOc1cc(C(=O)NNC(=O)c2ccc(C(C)C)cc2)cc(OCC)c1OCC. The molecule has 0 aromatic heterocycles. The molecule has 0 fully saturated rings. The van der Waals surface area contributed by atoms with E-state index in [9.17, 15) is 9.59 Å². The Morgan fingerprint density at radius 1 is 0.767 bits per heavy atom. The van der Waals surface area contributed by atoms with Crippen molar-refractivity contribution in [2.75, 3.05) is 19.8 Å². The van der Waals surface area contributed by atoms with Crippen LogP contribution in [0.15, 0.2) is 36.4 Å². The van der Waals surface area contributed by atoms with Crippen molar-refractivity contribution in [3.8, 4) is 17.2 Å². The highest BCUT2D eigenvalue weighted by molar-refractivity contribution is 5.99. The van der Waals surface area contributed by atoms with Gasteiger partial charge in [0.05, 0.1) is 19.8 Å². The smallest absolute Gasteiger partial charge is 0.269 e. The number of carbonyl (C=O) groups is 2. The highest BCUT2D eigenvalue weighted by atomic mass is 16.5. The Morgan fingerprint density at radius 3 is 1.67 bits per heavy atom. The van der Waals surface area contributed by atoms with Crippen LogP contribution in [0, 0.1) is 0 Å². The summed E-state index contributed by atoms with van der Waals surface area (Å²) in [5, 5.41) is 0. The van der Waals surface area contributed by atoms with Gasteiger partial charge in [-0.1, -0.05) is 26.0 Å². The van der Waals surface area contributed by atoms with Crippen molar-refractivity contribution in [1.29, 1.82) is 0 Å². The second kappa shape index (κ2) is 11.1. The summed E-state index contributed by atoms with van der Waals surface area (Å²) >= 11 is 0. The molecule has 0 aliphatic carbocycles. The molecule has 0 saturated carbocycles. The lowest BCUT2D eigenvalue weighted by molar-refractivity contribution is 0.0846. The minimum absolute atomic E-state index is 0.279. The number of benzene rings is 2. The van der Waals surface area contributed by atoms with E-state index in [0.717, 1.165) is 5.56 Å². The van der Waals surface area contributed by atoms with Gasteiger partial charge in [-0.25, -0.2) is 0 Å². The van der Waals surface area contributed by atoms with Gasteiger partial charge in [0.15, 0.2) is 11.5 Å². The van der Waals surface area contributed by atoms with Crippen molar-refractivity contribution in [3.05, 3.63) is 53.1 Å². The predicted molar refractivity (Wildman–Crippen MR) is 115 cm³/mol. The lowest BCUT2D eigenvalue weighted by Crippen LogP contribution is -2.41. The monoisotopic (exact) mass is 414 g/mol. The zero-order valence-electron chi connectivity index (χ0n) is 18.2. The Bertz CT molecular complexity index is 835. The minimum Gasteiger partial charge on any atom is -0.490 e. The van der Waals surface area contributed by atoms with Crippen LogP contribution in [0.3, 0.4) is 0 Å². The van der Waals surface area contributed by atoms with E-state index in [1.165, 1.54) is 0 Å². The van der Waals surface area contributed by atoms with Gasteiger partial charge in [-0.2, -0.15) is 0 Å². The number of carbonyl (C=O) groups excluding carboxylic acids is 2. The van der Waals surface area contributed by atoms with Crippen molar-refractivity contribution in [3.63, 3.8) is 0 Å². The van der Waals surface area contributed by atoms with Crippen molar-refractivity contribution in [1.82, 2.24) is 10.9 Å². The van der Waals surface area contributed by atoms with Crippen LogP contribution in [0.4, 0.5) is 0 Å². The van der Waals surface area contributed by atoms with Gasteiger partial charge in [-0.3, -0.25) is 20.4 Å². The first-order valence-corrected chi connectivity index (χ1v) is 10.2. The summed E-state index contributed by atoms with van der Waals surface area (Å²) in [6.07, 6.45) is 0. The third-order valence-corrected chi connectivity index (χ3v) is 4.30. The van der Waals surface area contributed by atoms with Gasteiger partial charge >= 0.3 is 0 Å². The topological polar surface area (TPSA) is 85.9 Å². The first kappa shape index (κ1) is 23.1. The molecule has 0 spiro atoms. The van der Waals surface area contributed by atoms with Crippen LogP contribution < -0.4 is 25.1 Å². The second-order valence-electron chi connectivity index (χ2n) is 6.79. The number of hydrazine groups is 1. The molecule has 30 heavy (non-hydrogen) atoms. The summed E-state index contributed by atoms with van der Waals surface area (Å²) in [4.78, 5) is 25.0. The molecule has 0 heterocycles. The average molecular weight is 415 g/mol. The quantitative estimate of drug-likeness (QED) is 0.604. The second-order valence-corrected chi connectivity index (χ2v) is 6.79. The molecule has 0 bridgehead atoms. The molecule has 2 aromatic carbocycles. The molecule has 162 valence electrons. The zero-order chi connectivity index (χ0) is 22.1. The van der Waals surface area contributed by atoms with Gasteiger partial charge < -0.3 is 14.2 Å². The van der Waals surface area contributed by atoms with Gasteiger partial charge in [0.2, 0.25) is 5.75 Å². The molecule has 2 rings (SSSR count). The van der Waals surface area contributed by atoms with Crippen molar-refractivity contribution >= 4 is 11.8 Å². The number of amides is 2. The molecular formula is C23H30N2O5. The van der Waals surface area contributed by atoms with Crippen molar-refractivity contribution in [2.45, 2.75) is 40.5 Å².